The lowest BCUT2D eigenvalue weighted by molar-refractivity contribution is -0.141. The molecule has 0 radical (unpaired) electrons. The van der Waals surface area contributed by atoms with Crippen molar-refractivity contribution in [2.45, 2.75) is 45.2 Å². The second-order valence-electron chi connectivity index (χ2n) is 6.17. The van der Waals surface area contributed by atoms with Gasteiger partial charge in [0.2, 0.25) is 0 Å². The van der Waals surface area contributed by atoms with Crippen LogP contribution in [0.25, 0.3) is 0 Å². The van der Waals surface area contributed by atoms with Crippen molar-refractivity contribution in [2.75, 3.05) is 0 Å². The number of carbonyl (C=O) groups is 1. The van der Waals surface area contributed by atoms with Crippen LogP contribution >= 0.6 is 11.6 Å². The zero-order chi connectivity index (χ0) is 19.2. The number of carbonyl (C=O) groups excluding carboxylic acids is 1. The standard InChI is InChI=1S/C15H17ClF3N5O2/c1-6-4-8-11(7(2)26-6)21-22-12(8)14(25)20-5-9-10(16)13(15(17,18)19)23-24(9)3/h6-7H,4-5H2,1-3H3,(H,20,25)(H,21,22)/t6-,7+/m1/s1. The van der Waals surface area contributed by atoms with Gasteiger partial charge in [-0.1, -0.05) is 11.6 Å². The van der Waals surface area contributed by atoms with Crippen LogP contribution in [0.2, 0.25) is 5.02 Å². The van der Waals surface area contributed by atoms with Crippen molar-refractivity contribution in [3.05, 3.63) is 33.4 Å². The summed E-state index contributed by atoms with van der Waals surface area (Å²) in [6.07, 6.45) is -4.43. The topological polar surface area (TPSA) is 84.8 Å². The fourth-order valence-electron chi connectivity index (χ4n) is 3.02. The molecule has 2 aromatic rings. The van der Waals surface area contributed by atoms with E-state index in [1.807, 2.05) is 13.8 Å². The molecule has 0 saturated heterocycles. The molecule has 0 bridgehead atoms. The third-order valence-electron chi connectivity index (χ3n) is 4.24. The second kappa shape index (κ2) is 6.58. The number of nitrogens with zero attached hydrogens (tertiary/aromatic N) is 3. The zero-order valence-corrected chi connectivity index (χ0v) is 15.0. The van der Waals surface area contributed by atoms with Crippen LogP contribution in [0.1, 0.15) is 53.1 Å². The number of ether oxygens (including phenoxy) is 1. The van der Waals surface area contributed by atoms with Crippen LogP contribution in [0.5, 0.6) is 0 Å². The summed E-state index contributed by atoms with van der Waals surface area (Å²) in [6.45, 7) is 3.53. The van der Waals surface area contributed by atoms with Gasteiger partial charge >= 0.3 is 6.18 Å². The Morgan fingerprint density at radius 2 is 2.15 bits per heavy atom. The fraction of sp³-hybridized carbons (Fsp3) is 0.533. The number of H-pyrrole nitrogens is 1. The Morgan fingerprint density at radius 3 is 2.77 bits per heavy atom. The molecule has 7 nitrogen and oxygen atoms in total. The summed E-state index contributed by atoms with van der Waals surface area (Å²) in [7, 11) is 1.33. The predicted molar refractivity (Wildman–Crippen MR) is 85.6 cm³/mol. The van der Waals surface area contributed by atoms with Crippen LogP contribution in [0.15, 0.2) is 0 Å². The Kier molecular flexibility index (Phi) is 4.74. The predicted octanol–water partition coefficient (Wildman–Crippen LogP) is 2.77. The van der Waals surface area contributed by atoms with Crippen molar-refractivity contribution in [1.29, 1.82) is 0 Å². The maximum absolute atomic E-state index is 12.9. The van der Waals surface area contributed by atoms with Gasteiger partial charge in [-0.3, -0.25) is 14.6 Å². The Morgan fingerprint density at radius 1 is 1.46 bits per heavy atom. The Bertz CT molecular complexity index is 845. The summed E-state index contributed by atoms with van der Waals surface area (Å²) in [4.78, 5) is 12.5. The van der Waals surface area contributed by atoms with Gasteiger partial charge in [-0.15, -0.1) is 0 Å². The molecular formula is C15H17ClF3N5O2. The van der Waals surface area contributed by atoms with Gasteiger partial charge in [0.25, 0.3) is 5.91 Å². The van der Waals surface area contributed by atoms with E-state index in [0.29, 0.717) is 6.42 Å². The molecular weight excluding hydrogens is 375 g/mol. The summed E-state index contributed by atoms with van der Waals surface area (Å²) in [5.41, 5.74) is 0.563. The molecule has 2 N–H and O–H groups in total. The van der Waals surface area contributed by atoms with Crippen LogP contribution in [0.3, 0.4) is 0 Å². The monoisotopic (exact) mass is 391 g/mol. The first-order valence-electron chi connectivity index (χ1n) is 7.89. The van der Waals surface area contributed by atoms with Crippen molar-refractivity contribution in [1.82, 2.24) is 25.3 Å². The maximum Gasteiger partial charge on any atom is 0.436 e. The Hall–Kier alpha value is -2.07. The molecule has 1 aliphatic heterocycles. The van der Waals surface area contributed by atoms with E-state index in [-0.39, 0.29) is 30.1 Å². The van der Waals surface area contributed by atoms with Gasteiger partial charge in [-0.2, -0.15) is 23.4 Å². The normalized spacial score (nSPS) is 20.1. The number of hydrogen-bond acceptors (Lipinski definition) is 4. The summed E-state index contributed by atoms with van der Waals surface area (Å²) >= 11 is 5.78. The first kappa shape index (κ1) is 18.7. The van der Waals surface area contributed by atoms with Crippen molar-refractivity contribution < 1.29 is 22.7 Å². The van der Waals surface area contributed by atoms with Gasteiger partial charge in [0, 0.05) is 19.0 Å². The summed E-state index contributed by atoms with van der Waals surface area (Å²) in [6, 6.07) is 0. The van der Waals surface area contributed by atoms with Crippen LogP contribution in [-0.4, -0.2) is 32.0 Å². The highest BCUT2D eigenvalue weighted by atomic mass is 35.5. The van der Waals surface area contributed by atoms with Crippen molar-refractivity contribution in [3.8, 4) is 0 Å². The zero-order valence-electron chi connectivity index (χ0n) is 14.2. The Labute approximate surface area is 151 Å². The minimum absolute atomic E-state index is 0.0572. The molecule has 0 unspecified atom stereocenters. The highest BCUT2D eigenvalue weighted by molar-refractivity contribution is 6.32. The van der Waals surface area contributed by atoms with Crippen LogP contribution < -0.4 is 5.32 Å². The number of aromatic amines is 1. The van der Waals surface area contributed by atoms with Gasteiger partial charge in [-0.25, -0.2) is 0 Å². The molecule has 2 atom stereocenters. The quantitative estimate of drug-likeness (QED) is 0.842. The molecule has 142 valence electrons. The number of rotatable bonds is 3. The number of aromatic nitrogens is 4. The lowest BCUT2D eigenvalue weighted by atomic mass is 9.99. The van der Waals surface area contributed by atoms with Crippen LogP contribution in [0.4, 0.5) is 13.2 Å². The van der Waals surface area contributed by atoms with Crippen molar-refractivity contribution in [3.63, 3.8) is 0 Å². The molecule has 0 aliphatic carbocycles. The van der Waals surface area contributed by atoms with Crippen molar-refractivity contribution >= 4 is 17.5 Å². The molecule has 0 saturated carbocycles. The number of fused-ring (bicyclic) bond motifs is 1. The van der Waals surface area contributed by atoms with E-state index in [1.165, 1.54) is 7.05 Å². The molecule has 0 fully saturated rings. The van der Waals surface area contributed by atoms with E-state index in [2.05, 4.69) is 20.6 Å². The lowest BCUT2D eigenvalue weighted by Gasteiger charge is -2.25. The third-order valence-corrected chi connectivity index (χ3v) is 4.63. The third kappa shape index (κ3) is 3.30. The van der Waals surface area contributed by atoms with Crippen LogP contribution in [-0.2, 0) is 30.9 Å². The van der Waals surface area contributed by atoms with E-state index < -0.39 is 22.8 Å². The minimum Gasteiger partial charge on any atom is -0.369 e. The van der Waals surface area contributed by atoms with E-state index in [0.717, 1.165) is 15.9 Å². The van der Waals surface area contributed by atoms with Gasteiger partial charge in [0.1, 0.15) is 0 Å². The lowest BCUT2D eigenvalue weighted by Crippen LogP contribution is -2.28. The summed E-state index contributed by atoms with van der Waals surface area (Å²) in [5, 5.41) is 12.2. The van der Waals surface area contributed by atoms with Gasteiger partial charge in [0.05, 0.1) is 35.2 Å². The average molecular weight is 392 g/mol. The van der Waals surface area contributed by atoms with Gasteiger partial charge < -0.3 is 10.1 Å². The van der Waals surface area contributed by atoms with Crippen LogP contribution in [0, 0.1) is 0 Å². The molecule has 1 aliphatic rings. The molecule has 11 heteroatoms. The van der Waals surface area contributed by atoms with Gasteiger partial charge in [-0.05, 0) is 13.8 Å². The van der Waals surface area contributed by atoms with E-state index >= 15 is 0 Å². The van der Waals surface area contributed by atoms with Crippen molar-refractivity contribution in [2.24, 2.45) is 7.05 Å². The maximum atomic E-state index is 12.9. The molecule has 0 spiro atoms. The molecule has 3 heterocycles. The SMILES string of the molecule is C[C@@H]1Cc2c(C(=O)NCc3c(Cl)c(C(F)(F)F)nn3C)n[nH]c2[C@H](C)O1. The number of amides is 1. The highest BCUT2D eigenvalue weighted by Gasteiger charge is 2.38. The average Bonchev–Trinajstić information content (AvgIpc) is 3.06. The fourth-order valence-corrected chi connectivity index (χ4v) is 3.35. The summed E-state index contributed by atoms with van der Waals surface area (Å²) < 4.78 is 45.2. The smallest absolute Gasteiger partial charge is 0.369 e. The van der Waals surface area contributed by atoms with E-state index in [9.17, 15) is 18.0 Å². The number of alkyl halides is 3. The molecule has 2 aromatic heterocycles. The number of halogens is 4. The minimum atomic E-state index is -4.66. The molecule has 26 heavy (non-hydrogen) atoms. The highest BCUT2D eigenvalue weighted by Crippen LogP contribution is 2.35. The number of nitrogens with one attached hydrogen (secondary N) is 2. The Balaban J connectivity index is 1.78. The molecule has 1 amide bonds. The number of aryl methyl sites for hydroxylation is 1. The van der Waals surface area contributed by atoms with E-state index in [1.54, 1.807) is 0 Å². The second-order valence-corrected chi connectivity index (χ2v) is 6.55. The number of hydrogen-bond donors (Lipinski definition) is 2. The first-order chi connectivity index (χ1) is 12.1. The molecule has 0 aromatic carbocycles. The van der Waals surface area contributed by atoms with Gasteiger partial charge in [0.15, 0.2) is 11.4 Å². The summed E-state index contributed by atoms with van der Waals surface area (Å²) in [5.74, 6) is -0.505. The van der Waals surface area contributed by atoms with E-state index in [4.69, 9.17) is 16.3 Å². The largest absolute Gasteiger partial charge is 0.436 e. The first-order valence-corrected chi connectivity index (χ1v) is 8.26. The molecule has 3 rings (SSSR count).